The molecular formula is C28H37N3O5S2. The minimum atomic E-state index is -3.78. The van der Waals surface area contributed by atoms with Gasteiger partial charge in [0.1, 0.15) is 0 Å². The number of fused-ring (bicyclic) bond motifs is 2. The Morgan fingerprint density at radius 3 is 1.32 bits per heavy atom. The van der Waals surface area contributed by atoms with Gasteiger partial charge < -0.3 is 4.57 Å². The normalized spacial score (nSPS) is 26.2. The van der Waals surface area contributed by atoms with E-state index < -0.39 is 20.0 Å². The first-order valence-corrected chi connectivity index (χ1v) is 16.2. The van der Waals surface area contributed by atoms with Crippen LogP contribution in [-0.4, -0.2) is 56.2 Å². The van der Waals surface area contributed by atoms with E-state index in [1.807, 2.05) is 4.57 Å². The molecule has 10 heteroatoms. The summed E-state index contributed by atoms with van der Waals surface area (Å²) in [5.74, 6) is 1.04. The number of piperidine rings is 2. The number of pyridine rings is 1. The Balaban J connectivity index is 1.62. The topological polar surface area (TPSA) is 96.8 Å². The molecule has 0 N–H and O–H groups in total. The Hall–Kier alpha value is -2.27. The second-order valence-electron chi connectivity index (χ2n) is 11.8. The number of aryl methyl sites for hydroxylation is 1. The summed E-state index contributed by atoms with van der Waals surface area (Å²) < 4.78 is 59.0. The Labute approximate surface area is 225 Å². The van der Waals surface area contributed by atoms with Crippen molar-refractivity contribution in [3.05, 3.63) is 46.6 Å². The molecule has 0 aliphatic carbocycles. The lowest BCUT2D eigenvalue weighted by Crippen LogP contribution is -2.42. The largest absolute Gasteiger partial charge is 0.343 e. The molecule has 206 valence electrons. The Bertz CT molecular complexity index is 1540. The van der Waals surface area contributed by atoms with Crippen molar-refractivity contribution in [2.24, 2.45) is 30.7 Å². The van der Waals surface area contributed by atoms with E-state index in [0.29, 0.717) is 37.2 Å². The van der Waals surface area contributed by atoms with Gasteiger partial charge in [-0.2, -0.15) is 8.61 Å². The molecule has 0 saturated carbocycles. The van der Waals surface area contributed by atoms with Crippen LogP contribution < -0.4 is 5.43 Å². The van der Waals surface area contributed by atoms with E-state index in [1.165, 1.54) is 20.7 Å². The highest BCUT2D eigenvalue weighted by Gasteiger charge is 2.33. The van der Waals surface area contributed by atoms with E-state index in [1.54, 1.807) is 31.3 Å². The summed E-state index contributed by atoms with van der Waals surface area (Å²) in [6, 6.07) is 9.36. The van der Waals surface area contributed by atoms with Crippen LogP contribution in [0.5, 0.6) is 0 Å². The first kappa shape index (κ1) is 27.3. The summed E-state index contributed by atoms with van der Waals surface area (Å²) in [4.78, 5) is 13.9. The van der Waals surface area contributed by atoms with Crippen LogP contribution in [0.15, 0.2) is 51.0 Å². The zero-order valence-electron chi connectivity index (χ0n) is 22.7. The molecule has 0 amide bonds. The van der Waals surface area contributed by atoms with Crippen molar-refractivity contribution in [1.29, 1.82) is 0 Å². The van der Waals surface area contributed by atoms with E-state index in [-0.39, 0.29) is 49.7 Å². The molecular weight excluding hydrogens is 522 g/mol. The molecule has 4 unspecified atom stereocenters. The lowest BCUT2D eigenvalue weighted by molar-refractivity contribution is 0.222. The van der Waals surface area contributed by atoms with Crippen LogP contribution in [0.4, 0.5) is 0 Å². The van der Waals surface area contributed by atoms with Gasteiger partial charge in [-0.1, -0.05) is 27.7 Å². The molecule has 2 aromatic carbocycles. The van der Waals surface area contributed by atoms with Gasteiger partial charge in [-0.15, -0.1) is 0 Å². The van der Waals surface area contributed by atoms with Crippen LogP contribution in [0.25, 0.3) is 21.8 Å². The molecule has 2 aliphatic heterocycles. The molecule has 0 radical (unpaired) electrons. The van der Waals surface area contributed by atoms with Crippen molar-refractivity contribution in [1.82, 2.24) is 13.2 Å². The SMILES string of the molecule is CC1CC(C)CN(S(=O)(=O)c2ccc3c(c2)c(=O)c2cc(S(=O)(=O)N4CC(C)CC(C)C4)ccc2n3C)C1. The number of rotatable bonds is 4. The first-order valence-electron chi connectivity index (χ1n) is 13.4. The minimum Gasteiger partial charge on any atom is -0.343 e. The quantitative estimate of drug-likeness (QED) is 0.450. The number of hydrogen-bond acceptors (Lipinski definition) is 5. The zero-order valence-corrected chi connectivity index (χ0v) is 24.3. The summed E-state index contributed by atoms with van der Waals surface area (Å²) in [6.07, 6.45) is 1.97. The molecule has 38 heavy (non-hydrogen) atoms. The Morgan fingerprint density at radius 2 is 0.974 bits per heavy atom. The fourth-order valence-corrected chi connectivity index (χ4v) is 9.89. The highest BCUT2D eigenvalue weighted by Crippen LogP contribution is 2.30. The van der Waals surface area contributed by atoms with E-state index in [0.717, 1.165) is 12.8 Å². The summed E-state index contributed by atoms with van der Waals surface area (Å²) >= 11 is 0. The van der Waals surface area contributed by atoms with Gasteiger partial charge in [-0.3, -0.25) is 4.79 Å². The average Bonchev–Trinajstić information content (AvgIpc) is 2.85. The second kappa shape index (κ2) is 9.73. The van der Waals surface area contributed by atoms with Crippen LogP contribution in [0.2, 0.25) is 0 Å². The van der Waals surface area contributed by atoms with Gasteiger partial charge in [0.2, 0.25) is 20.0 Å². The van der Waals surface area contributed by atoms with Gasteiger partial charge in [-0.05, 0) is 72.9 Å². The van der Waals surface area contributed by atoms with Gasteiger partial charge in [0, 0.05) is 44.0 Å². The van der Waals surface area contributed by atoms with Crippen LogP contribution in [0.1, 0.15) is 40.5 Å². The number of aromatic nitrogens is 1. The van der Waals surface area contributed by atoms with E-state index in [9.17, 15) is 21.6 Å². The second-order valence-corrected chi connectivity index (χ2v) is 15.7. The number of hydrogen-bond donors (Lipinski definition) is 0. The number of benzene rings is 2. The fraction of sp³-hybridized carbons (Fsp3) is 0.536. The smallest absolute Gasteiger partial charge is 0.243 e. The molecule has 2 aliphatic rings. The van der Waals surface area contributed by atoms with Gasteiger partial charge in [0.05, 0.1) is 20.8 Å². The molecule has 5 rings (SSSR count). The maximum atomic E-state index is 13.7. The van der Waals surface area contributed by atoms with Gasteiger partial charge in [0.25, 0.3) is 0 Å². The first-order chi connectivity index (χ1) is 17.8. The maximum absolute atomic E-state index is 13.7. The van der Waals surface area contributed by atoms with Crippen molar-refractivity contribution >= 4 is 41.9 Å². The van der Waals surface area contributed by atoms with Crippen molar-refractivity contribution in [2.45, 2.75) is 50.3 Å². The lowest BCUT2D eigenvalue weighted by atomic mass is 9.94. The van der Waals surface area contributed by atoms with Gasteiger partial charge >= 0.3 is 0 Å². The Morgan fingerprint density at radius 1 is 0.632 bits per heavy atom. The third-order valence-electron chi connectivity index (χ3n) is 8.09. The molecule has 0 spiro atoms. The molecule has 2 fully saturated rings. The predicted molar refractivity (Wildman–Crippen MR) is 150 cm³/mol. The third-order valence-corrected chi connectivity index (χ3v) is 11.7. The van der Waals surface area contributed by atoms with Crippen molar-refractivity contribution < 1.29 is 16.8 Å². The molecule has 2 saturated heterocycles. The summed E-state index contributed by atoms with van der Waals surface area (Å²) in [7, 11) is -5.75. The van der Waals surface area contributed by atoms with Crippen LogP contribution in [0, 0.1) is 23.7 Å². The van der Waals surface area contributed by atoms with Gasteiger partial charge in [0.15, 0.2) is 5.43 Å². The minimum absolute atomic E-state index is 0.0859. The highest BCUT2D eigenvalue weighted by molar-refractivity contribution is 7.89. The number of sulfonamides is 2. The summed E-state index contributed by atoms with van der Waals surface area (Å²) in [5.41, 5.74) is 0.815. The summed E-state index contributed by atoms with van der Waals surface area (Å²) in [6.45, 7) is 10.0. The molecule has 3 aromatic rings. The average molecular weight is 560 g/mol. The van der Waals surface area contributed by atoms with Crippen molar-refractivity contribution in [2.75, 3.05) is 26.2 Å². The molecule has 1 aromatic heterocycles. The molecule has 4 atom stereocenters. The van der Waals surface area contributed by atoms with Crippen LogP contribution >= 0.6 is 0 Å². The third kappa shape index (κ3) is 4.69. The zero-order chi connectivity index (χ0) is 27.6. The van der Waals surface area contributed by atoms with Gasteiger partial charge in [-0.25, -0.2) is 16.8 Å². The molecule has 3 heterocycles. The predicted octanol–water partition coefficient (Wildman–Crippen LogP) is 4.02. The van der Waals surface area contributed by atoms with E-state index >= 15 is 0 Å². The standard InChI is InChI=1S/C28H37N3O5S2/c1-18-10-19(2)15-30(14-18)37(33,34)22-6-8-26-24(12-22)28(32)25-13-23(7-9-27(25)29(26)5)38(35,36)31-16-20(3)11-21(4)17-31/h6-9,12-13,18-21H,10-11,14-17H2,1-5H3. The highest BCUT2D eigenvalue weighted by atomic mass is 32.2. The molecule has 0 bridgehead atoms. The van der Waals surface area contributed by atoms with Crippen LogP contribution in [-0.2, 0) is 27.1 Å². The lowest BCUT2D eigenvalue weighted by Gasteiger charge is -2.34. The molecule has 8 nitrogen and oxygen atoms in total. The van der Waals surface area contributed by atoms with E-state index in [2.05, 4.69) is 27.7 Å². The van der Waals surface area contributed by atoms with Crippen molar-refractivity contribution in [3.8, 4) is 0 Å². The van der Waals surface area contributed by atoms with E-state index in [4.69, 9.17) is 0 Å². The van der Waals surface area contributed by atoms with Crippen molar-refractivity contribution in [3.63, 3.8) is 0 Å². The maximum Gasteiger partial charge on any atom is 0.243 e. The Kier molecular flexibility index (Phi) is 6.99. The number of nitrogens with zero attached hydrogens (tertiary/aromatic N) is 3. The summed E-state index contributed by atoms with van der Waals surface area (Å²) in [5, 5.41) is 0.517. The fourth-order valence-electron chi connectivity index (χ4n) is 6.48. The monoisotopic (exact) mass is 559 g/mol. The van der Waals surface area contributed by atoms with Crippen LogP contribution in [0.3, 0.4) is 0 Å².